The van der Waals surface area contributed by atoms with Crippen molar-refractivity contribution in [2.45, 2.75) is 27.2 Å². The first kappa shape index (κ1) is 19.5. The summed E-state index contributed by atoms with van der Waals surface area (Å²) < 4.78 is 9.59. The summed E-state index contributed by atoms with van der Waals surface area (Å²) in [6, 6.07) is 0. The number of esters is 2. The molecule has 0 aliphatic heterocycles. The molecule has 0 aliphatic carbocycles. The second-order valence-corrected chi connectivity index (χ2v) is 6.74. The minimum Gasteiger partial charge on any atom is -0.468 e. The van der Waals surface area contributed by atoms with Crippen LogP contribution in [0.1, 0.15) is 34.6 Å². The number of methoxy groups -OCH3 is 1. The normalized spacial score (nSPS) is 10.3. The molecule has 1 aromatic rings. The molecular weight excluding hydrogens is 338 g/mol. The fourth-order valence-electron chi connectivity index (χ4n) is 1.96. The van der Waals surface area contributed by atoms with Crippen LogP contribution in [0.25, 0.3) is 0 Å². The highest BCUT2D eigenvalue weighted by molar-refractivity contribution is 8.00. The Bertz CT molecular complexity index is 583. The van der Waals surface area contributed by atoms with Gasteiger partial charge in [-0.1, -0.05) is 6.92 Å². The van der Waals surface area contributed by atoms with E-state index in [-0.39, 0.29) is 30.0 Å². The lowest BCUT2D eigenvalue weighted by Crippen LogP contribution is -2.17. The van der Waals surface area contributed by atoms with E-state index in [0.717, 1.165) is 22.2 Å². The predicted molar refractivity (Wildman–Crippen MR) is 92.4 cm³/mol. The summed E-state index contributed by atoms with van der Waals surface area (Å²) in [4.78, 5) is 36.1. The summed E-state index contributed by atoms with van der Waals surface area (Å²) in [7, 11) is 1.30. The molecule has 0 fully saturated rings. The van der Waals surface area contributed by atoms with Gasteiger partial charge in [-0.15, -0.1) is 23.1 Å². The molecule has 1 rings (SSSR count). The van der Waals surface area contributed by atoms with Gasteiger partial charge >= 0.3 is 11.9 Å². The topological polar surface area (TPSA) is 81.7 Å². The predicted octanol–water partition coefficient (Wildman–Crippen LogP) is 2.64. The van der Waals surface area contributed by atoms with Crippen molar-refractivity contribution in [3.8, 4) is 0 Å². The molecule has 1 heterocycles. The molecule has 0 aliphatic rings. The molecule has 0 atom stereocenters. The number of nitrogens with one attached hydrogen (secondary N) is 1. The van der Waals surface area contributed by atoms with E-state index < -0.39 is 5.97 Å². The molecule has 23 heavy (non-hydrogen) atoms. The first-order chi connectivity index (χ1) is 10.9. The van der Waals surface area contributed by atoms with Gasteiger partial charge in [-0.2, -0.15) is 0 Å². The van der Waals surface area contributed by atoms with Gasteiger partial charge in [-0.3, -0.25) is 9.59 Å². The molecule has 1 aromatic heterocycles. The average Bonchev–Trinajstić information content (AvgIpc) is 2.82. The first-order valence-corrected chi connectivity index (χ1v) is 9.15. The third-order valence-corrected chi connectivity index (χ3v) is 4.94. The molecule has 0 saturated heterocycles. The molecule has 0 spiro atoms. The highest BCUT2D eigenvalue weighted by Gasteiger charge is 2.23. The number of aryl methyl sites for hydroxylation is 1. The SMILES string of the molecule is CCOC(=O)c1c(NC(=O)CSCC(=O)OC)sc(C)c1CC. The number of amides is 1. The fraction of sp³-hybridized carbons (Fsp3) is 0.533. The molecular formula is C15H21NO5S2. The van der Waals surface area contributed by atoms with Crippen LogP contribution in [0, 0.1) is 6.92 Å². The molecule has 128 valence electrons. The quantitative estimate of drug-likeness (QED) is 0.719. The van der Waals surface area contributed by atoms with Gasteiger partial charge in [0.2, 0.25) is 5.91 Å². The highest BCUT2D eigenvalue weighted by Crippen LogP contribution is 2.34. The summed E-state index contributed by atoms with van der Waals surface area (Å²) in [5.74, 6) is -0.858. The smallest absolute Gasteiger partial charge is 0.341 e. The number of ether oxygens (including phenoxy) is 2. The summed E-state index contributed by atoms with van der Waals surface area (Å²) in [6.45, 7) is 5.88. The largest absolute Gasteiger partial charge is 0.468 e. The van der Waals surface area contributed by atoms with Crippen molar-refractivity contribution in [2.75, 3.05) is 30.5 Å². The van der Waals surface area contributed by atoms with Crippen molar-refractivity contribution < 1.29 is 23.9 Å². The van der Waals surface area contributed by atoms with Gasteiger partial charge in [-0.25, -0.2) is 4.79 Å². The molecule has 0 aromatic carbocycles. The van der Waals surface area contributed by atoms with Crippen LogP contribution in [-0.2, 0) is 25.5 Å². The Morgan fingerprint density at radius 2 is 1.91 bits per heavy atom. The number of anilines is 1. The lowest BCUT2D eigenvalue weighted by Gasteiger charge is -2.07. The van der Waals surface area contributed by atoms with Gasteiger partial charge in [-0.05, 0) is 25.8 Å². The van der Waals surface area contributed by atoms with Crippen molar-refractivity contribution in [1.29, 1.82) is 0 Å². The molecule has 0 radical (unpaired) electrons. The zero-order valence-electron chi connectivity index (χ0n) is 13.7. The third kappa shape index (κ3) is 5.54. The fourth-order valence-corrected chi connectivity index (χ4v) is 3.75. The van der Waals surface area contributed by atoms with Gasteiger partial charge in [0, 0.05) is 4.88 Å². The van der Waals surface area contributed by atoms with E-state index in [1.54, 1.807) is 6.92 Å². The maximum atomic E-state index is 12.1. The van der Waals surface area contributed by atoms with E-state index in [1.165, 1.54) is 18.4 Å². The summed E-state index contributed by atoms with van der Waals surface area (Å²) >= 11 is 2.52. The highest BCUT2D eigenvalue weighted by atomic mass is 32.2. The van der Waals surface area contributed by atoms with Gasteiger partial charge < -0.3 is 14.8 Å². The molecule has 1 N–H and O–H groups in total. The van der Waals surface area contributed by atoms with E-state index >= 15 is 0 Å². The number of thioether (sulfide) groups is 1. The van der Waals surface area contributed by atoms with Crippen LogP contribution in [0.15, 0.2) is 0 Å². The molecule has 0 bridgehead atoms. The minimum absolute atomic E-state index is 0.107. The Morgan fingerprint density at radius 3 is 2.48 bits per heavy atom. The Morgan fingerprint density at radius 1 is 1.22 bits per heavy atom. The van der Waals surface area contributed by atoms with E-state index in [4.69, 9.17) is 4.74 Å². The van der Waals surface area contributed by atoms with Crippen molar-refractivity contribution >= 4 is 45.9 Å². The molecule has 0 unspecified atom stereocenters. The van der Waals surface area contributed by atoms with Gasteiger partial charge in [0.05, 0.1) is 30.8 Å². The molecule has 0 saturated carbocycles. The van der Waals surface area contributed by atoms with E-state index in [0.29, 0.717) is 17.0 Å². The van der Waals surface area contributed by atoms with Crippen LogP contribution in [-0.4, -0.2) is 43.1 Å². The molecule has 6 nitrogen and oxygen atoms in total. The van der Waals surface area contributed by atoms with Crippen molar-refractivity contribution in [2.24, 2.45) is 0 Å². The summed E-state index contributed by atoms with van der Waals surface area (Å²) in [5, 5.41) is 3.24. The summed E-state index contributed by atoms with van der Waals surface area (Å²) in [6.07, 6.45) is 0.684. The van der Waals surface area contributed by atoms with Crippen molar-refractivity contribution in [3.05, 3.63) is 16.0 Å². The maximum absolute atomic E-state index is 12.1. The first-order valence-electron chi connectivity index (χ1n) is 7.18. The van der Waals surface area contributed by atoms with Crippen molar-refractivity contribution in [3.63, 3.8) is 0 Å². The molecule has 8 heteroatoms. The third-order valence-electron chi connectivity index (χ3n) is 2.98. The van der Waals surface area contributed by atoms with Gasteiger partial charge in [0.15, 0.2) is 0 Å². The average molecular weight is 359 g/mol. The Balaban J connectivity index is 2.81. The van der Waals surface area contributed by atoms with Crippen LogP contribution >= 0.6 is 23.1 Å². The lowest BCUT2D eigenvalue weighted by atomic mass is 10.1. The zero-order valence-corrected chi connectivity index (χ0v) is 15.3. The Labute approximate surface area is 143 Å². The number of hydrogen-bond acceptors (Lipinski definition) is 7. The van der Waals surface area contributed by atoms with Gasteiger partial charge in [0.25, 0.3) is 0 Å². The maximum Gasteiger partial charge on any atom is 0.341 e. The van der Waals surface area contributed by atoms with E-state index in [9.17, 15) is 14.4 Å². The lowest BCUT2D eigenvalue weighted by molar-refractivity contribution is -0.137. The number of rotatable bonds is 8. The van der Waals surface area contributed by atoms with E-state index in [1.807, 2.05) is 13.8 Å². The van der Waals surface area contributed by atoms with Crippen LogP contribution in [0.2, 0.25) is 0 Å². The van der Waals surface area contributed by atoms with Crippen molar-refractivity contribution in [1.82, 2.24) is 0 Å². The monoisotopic (exact) mass is 359 g/mol. The zero-order chi connectivity index (χ0) is 17.4. The Hall–Kier alpha value is -1.54. The Kier molecular flexibility index (Phi) is 8.11. The van der Waals surface area contributed by atoms with Crippen LogP contribution < -0.4 is 5.32 Å². The minimum atomic E-state index is -0.425. The number of carbonyl (C=O) groups is 3. The number of carbonyl (C=O) groups excluding carboxylic acids is 3. The number of thiophene rings is 1. The number of hydrogen-bond donors (Lipinski definition) is 1. The standard InChI is InChI=1S/C15H21NO5S2/c1-5-10-9(3)23-14(13(10)15(19)21-6-2)16-11(17)7-22-8-12(18)20-4/h5-8H2,1-4H3,(H,16,17). The van der Waals surface area contributed by atoms with Crippen LogP contribution in [0.4, 0.5) is 5.00 Å². The van der Waals surface area contributed by atoms with Crippen LogP contribution in [0.5, 0.6) is 0 Å². The summed E-state index contributed by atoms with van der Waals surface area (Å²) in [5.41, 5.74) is 1.33. The van der Waals surface area contributed by atoms with Gasteiger partial charge in [0.1, 0.15) is 5.00 Å². The second kappa shape index (κ2) is 9.57. The second-order valence-electron chi connectivity index (χ2n) is 4.53. The van der Waals surface area contributed by atoms with Crippen LogP contribution in [0.3, 0.4) is 0 Å². The van der Waals surface area contributed by atoms with E-state index in [2.05, 4.69) is 10.1 Å². The molecule has 1 amide bonds.